The average Bonchev–Trinajstić information content (AvgIpc) is 2.60. The summed E-state index contributed by atoms with van der Waals surface area (Å²) in [6.07, 6.45) is 0. The largest absolute Gasteiger partial charge is 0.497 e. The van der Waals surface area contributed by atoms with Crippen molar-refractivity contribution in [2.45, 2.75) is 26.8 Å². The van der Waals surface area contributed by atoms with Gasteiger partial charge >= 0.3 is 0 Å². The summed E-state index contributed by atoms with van der Waals surface area (Å²) in [5, 5.41) is 2.98. The first-order valence-electron chi connectivity index (χ1n) is 7.89. The van der Waals surface area contributed by atoms with Crippen LogP contribution in [-0.2, 0) is 4.79 Å². The number of nitrogens with one attached hydrogen (secondary N) is 1. The Morgan fingerprint density at radius 1 is 1.29 bits per heavy atom. The van der Waals surface area contributed by atoms with Gasteiger partial charge in [-0.3, -0.25) is 4.79 Å². The zero-order chi connectivity index (χ0) is 18.1. The van der Waals surface area contributed by atoms with Crippen LogP contribution in [0.2, 0.25) is 0 Å². The van der Waals surface area contributed by atoms with Crippen LogP contribution in [0.3, 0.4) is 0 Å². The third-order valence-corrected chi connectivity index (χ3v) is 5.15. The van der Waals surface area contributed by atoms with Crippen molar-refractivity contribution in [2.24, 2.45) is 0 Å². The second-order valence-corrected chi connectivity index (χ2v) is 6.73. The molecule has 0 aliphatic heterocycles. The molecule has 1 amide bonds. The van der Waals surface area contributed by atoms with Crippen LogP contribution in [0.5, 0.6) is 11.5 Å². The summed E-state index contributed by atoms with van der Waals surface area (Å²) in [6, 6.07) is 5.35. The number of ether oxygens (including phenoxy) is 2. The molecule has 5 nitrogen and oxygen atoms in total. The van der Waals surface area contributed by atoms with Gasteiger partial charge < -0.3 is 19.7 Å². The molecule has 1 atom stereocenters. The Morgan fingerprint density at radius 3 is 2.50 bits per heavy atom. The summed E-state index contributed by atoms with van der Waals surface area (Å²) in [7, 11) is 3.22. The lowest BCUT2D eigenvalue weighted by atomic mass is 10.1. The van der Waals surface area contributed by atoms with Crippen LogP contribution >= 0.6 is 24.0 Å². The predicted octanol–water partition coefficient (Wildman–Crippen LogP) is 3.24. The summed E-state index contributed by atoms with van der Waals surface area (Å²) in [4.78, 5) is 14.3. The van der Waals surface area contributed by atoms with Crippen molar-refractivity contribution in [1.29, 1.82) is 0 Å². The van der Waals surface area contributed by atoms with Crippen molar-refractivity contribution in [3.8, 4) is 11.5 Å². The summed E-state index contributed by atoms with van der Waals surface area (Å²) in [5.41, 5.74) is 0.876. The number of benzene rings is 1. The summed E-state index contributed by atoms with van der Waals surface area (Å²) in [5.74, 6) is 1.68. The van der Waals surface area contributed by atoms with E-state index in [1.165, 1.54) is 11.8 Å². The maximum atomic E-state index is 12.2. The van der Waals surface area contributed by atoms with Crippen LogP contribution in [0.1, 0.15) is 32.4 Å². The molecule has 0 aromatic heterocycles. The lowest BCUT2D eigenvalue weighted by Crippen LogP contribution is -2.31. The van der Waals surface area contributed by atoms with Gasteiger partial charge in [0, 0.05) is 18.7 Å². The van der Waals surface area contributed by atoms with Gasteiger partial charge in [-0.05, 0) is 39.0 Å². The Hall–Kier alpha value is -1.47. The van der Waals surface area contributed by atoms with E-state index in [0.29, 0.717) is 5.75 Å². The Morgan fingerprint density at radius 2 is 1.96 bits per heavy atom. The van der Waals surface area contributed by atoms with E-state index in [0.717, 1.165) is 34.5 Å². The standard InChI is InChI=1S/C17H26N2O3S2/c1-6-19(7-2)17(23)24-11-16(20)18-12(3)14-10-13(21-4)8-9-15(14)22-5/h8-10,12H,6-7,11H2,1-5H3,(H,18,20)/t12-/m1/s1. The van der Waals surface area contributed by atoms with E-state index in [1.807, 2.05) is 39.0 Å². The summed E-state index contributed by atoms with van der Waals surface area (Å²) >= 11 is 6.73. The average molecular weight is 371 g/mol. The fourth-order valence-corrected chi connectivity index (χ4v) is 3.45. The molecule has 0 unspecified atom stereocenters. The molecule has 0 saturated carbocycles. The van der Waals surface area contributed by atoms with Crippen molar-refractivity contribution in [1.82, 2.24) is 10.2 Å². The first-order chi connectivity index (χ1) is 11.5. The number of amides is 1. The smallest absolute Gasteiger partial charge is 0.230 e. The van der Waals surface area contributed by atoms with Crippen LogP contribution in [0.25, 0.3) is 0 Å². The second kappa shape index (κ2) is 10.4. The number of methoxy groups -OCH3 is 2. The Balaban J connectivity index is 2.65. The van der Waals surface area contributed by atoms with E-state index in [4.69, 9.17) is 21.7 Å². The quantitative estimate of drug-likeness (QED) is 0.709. The predicted molar refractivity (Wildman–Crippen MR) is 104 cm³/mol. The molecule has 7 heteroatoms. The number of carbonyl (C=O) groups excluding carboxylic acids is 1. The minimum atomic E-state index is -0.190. The molecule has 0 aliphatic carbocycles. The first-order valence-corrected chi connectivity index (χ1v) is 9.29. The second-order valence-electron chi connectivity index (χ2n) is 5.12. The third-order valence-electron chi connectivity index (χ3n) is 3.63. The van der Waals surface area contributed by atoms with Gasteiger partial charge in [0.05, 0.1) is 26.0 Å². The van der Waals surface area contributed by atoms with E-state index < -0.39 is 0 Å². The highest BCUT2D eigenvalue weighted by molar-refractivity contribution is 8.23. The van der Waals surface area contributed by atoms with E-state index in [9.17, 15) is 4.79 Å². The van der Waals surface area contributed by atoms with Crippen LogP contribution in [0.15, 0.2) is 18.2 Å². The van der Waals surface area contributed by atoms with Gasteiger partial charge in [-0.2, -0.15) is 0 Å². The molecule has 0 radical (unpaired) electrons. The monoisotopic (exact) mass is 370 g/mol. The van der Waals surface area contributed by atoms with Crippen LogP contribution in [0, 0.1) is 0 Å². The maximum absolute atomic E-state index is 12.2. The Bertz CT molecular complexity index is 563. The van der Waals surface area contributed by atoms with Gasteiger partial charge in [-0.15, -0.1) is 0 Å². The molecule has 134 valence electrons. The molecule has 0 spiro atoms. The molecule has 0 saturated heterocycles. The highest BCUT2D eigenvalue weighted by Gasteiger charge is 2.16. The van der Waals surface area contributed by atoms with Crippen LogP contribution < -0.4 is 14.8 Å². The molecule has 0 heterocycles. The summed E-state index contributed by atoms with van der Waals surface area (Å²) in [6.45, 7) is 7.71. The van der Waals surface area contributed by atoms with E-state index >= 15 is 0 Å². The van der Waals surface area contributed by atoms with E-state index in [2.05, 4.69) is 10.2 Å². The van der Waals surface area contributed by atoms with Gasteiger partial charge in [0.1, 0.15) is 15.8 Å². The number of rotatable bonds is 8. The number of thiocarbonyl (C=S) groups is 1. The van der Waals surface area contributed by atoms with Crippen molar-refractivity contribution in [3.63, 3.8) is 0 Å². The highest BCUT2D eigenvalue weighted by Crippen LogP contribution is 2.29. The molecular weight excluding hydrogens is 344 g/mol. The number of hydrogen-bond acceptors (Lipinski definition) is 5. The molecular formula is C17H26N2O3S2. The SMILES string of the molecule is CCN(CC)C(=S)SCC(=O)N[C@H](C)c1cc(OC)ccc1OC. The van der Waals surface area contributed by atoms with Crippen molar-refractivity contribution >= 4 is 34.2 Å². The zero-order valence-corrected chi connectivity index (χ0v) is 16.6. The van der Waals surface area contributed by atoms with Gasteiger partial charge in [0.15, 0.2) is 0 Å². The first kappa shape index (κ1) is 20.6. The van der Waals surface area contributed by atoms with Crippen LogP contribution in [-0.4, -0.2) is 48.2 Å². The highest BCUT2D eigenvalue weighted by atomic mass is 32.2. The molecule has 1 aromatic carbocycles. The molecule has 0 aliphatic rings. The van der Waals surface area contributed by atoms with Crippen LogP contribution in [0.4, 0.5) is 0 Å². The fraction of sp³-hybridized carbons (Fsp3) is 0.529. The third kappa shape index (κ3) is 5.87. The Labute approximate surface area is 154 Å². The fourth-order valence-electron chi connectivity index (χ4n) is 2.24. The van der Waals surface area contributed by atoms with Gasteiger partial charge in [0.2, 0.25) is 5.91 Å². The molecule has 0 fully saturated rings. The summed E-state index contributed by atoms with van der Waals surface area (Å²) < 4.78 is 11.4. The number of thioether (sulfide) groups is 1. The molecule has 1 aromatic rings. The van der Waals surface area contributed by atoms with Gasteiger partial charge in [-0.25, -0.2) is 0 Å². The molecule has 24 heavy (non-hydrogen) atoms. The lowest BCUT2D eigenvalue weighted by Gasteiger charge is -2.21. The molecule has 0 bridgehead atoms. The Kier molecular flexibility index (Phi) is 8.92. The maximum Gasteiger partial charge on any atom is 0.230 e. The van der Waals surface area contributed by atoms with Crippen molar-refractivity contribution < 1.29 is 14.3 Å². The minimum absolute atomic E-state index is 0.0631. The molecule has 1 N–H and O–H groups in total. The molecule has 1 rings (SSSR count). The normalized spacial score (nSPS) is 11.5. The van der Waals surface area contributed by atoms with E-state index in [-0.39, 0.29) is 11.9 Å². The van der Waals surface area contributed by atoms with Crippen molar-refractivity contribution in [2.75, 3.05) is 33.1 Å². The van der Waals surface area contributed by atoms with Gasteiger partial charge in [0.25, 0.3) is 0 Å². The minimum Gasteiger partial charge on any atom is -0.497 e. The number of nitrogens with zero attached hydrogens (tertiary/aromatic N) is 1. The number of carbonyl (C=O) groups is 1. The van der Waals surface area contributed by atoms with Gasteiger partial charge in [-0.1, -0.05) is 24.0 Å². The number of hydrogen-bond donors (Lipinski definition) is 1. The topological polar surface area (TPSA) is 50.8 Å². The zero-order valence-electron chi connectivity index (χ0n) is 14.9. The lowest BCUT2D eigenvalue weighted by molar-refractivity contribution is -0.119. The van der Waals surface area contributed by atoms with Crippen molar-refractivity contribution in [3.05, 3.63) is 23.8 Å². The van der Waals surface area contributed by atoms with E-state index in [1.54, 1.807) is 14.2 Å².